The summed E-state index contributed by atoms with van der Waals surface area (Å²) in [7, 11) is -0.889. The topological polar surface area (TPSA) is 102 Å². The number of nitrogens with zero attached hydrogens (tertiary/aromatic N) is 1. The second-order valence-electron chi connectivity index (χ2n) is 4.78. The van der Waals surface area contributed by atoms with Gasteiger partial charge in [-0.25, -0.2) is 17.5 Å². The summed E-state index contributed by atoms with van der Waals surface area (Å²) >= 11 is 5.95. The van der Waals surface area contributed by atoms with Crippen LogP contribution in [0.4, 0.5) is 5.69 Å². The van der Waals surface area contributed by atoms with Crippen LogP contribution in [0.5, 0.6) is 0 Å². The third kappa shape index (κ3) is 5.75. The largest absolute Gasteiger partial charge is 0.454 e. The molecule has 0 unspecified atom stereocenters. The number of ether oxygens (including phenoxy) is 2. The molecule has 1 aromatic carbocycles. The van der Waals surface area contributed by atoms with E-state index in [0.29, 0.717) is 6.61 Å². The molecule has 134 valence electrons. The van der Waals surface area contributed by atoms with Crippen LogP contribution in [0.15, 0.2) is 23.1 Å². The van der Waals surface area contributed by atoms with Crippen molar-refractivity contribution < 1.29 is 27.5 Å². The van der Waals surface area contributed by atoms with E-state index < -0.39 is 28.5 Å². The van der Waals surface area contributed by atoms with Crippen LogP contribution in [0.3, 0.4) is 0 Å². The standard InChI is InChI=1S/C14H19ClN2O6S/c1-4-22-9-14(19)23-8-13(18)16-12-7-10(5-6-11(12)15)24(20,21)17(2)3/h5-7H,4,8-9H2,1-3H3,(H,16,18). The Morgan fingerprint density at radius 1 is 1.25 bits per heavy atom. The predicted octanol–water partition coefficient (Wildman–Crippen LogP) is 1.11. The number of hydrogen-bond donors (Lipinski definition) is 1. The zero-order valence-electron chi connectivity index (χ0n) is 13.5. The third-order valence-electron chi connectivity index (χ3n) is 2.78. The number of halogens is 1. The van der Waals surface area contributed by atoms with Gasteiger partial charge in [0.25, 0.3) is 5.91 Å². The van der Waals surface area contributed by atoms with Gasteiger partial charge in [0.2, 0.25) is 10.0 Å². The van der Waals surface area contributed by atoms with Crippen molar-refractivity contribution in [2.75, 3.05) is 39.2 Å². The number of nitrogens with one attached hydrogen (secondary N) is 1. The third-order valence-corrected chi connectivity index (χ3v) is 4.92. The summed E-state index contributed by atoms with van der Waals surface area (Å²) in [6.07, 6.45) is 0. The summed E-state index contributed by atoms with van der Waals surface area (Å²) in [5.74, 6) is -1.33. The molecule has 10 heteroatoms. The lowest BCUT2D eigenvalue weighted by molar-refractivity contribution is -0.151. The second-order valence-corrected chi connectivity index (χ2v) is 7.33. The Kier molecular flexibility index (Phi) is 7.61. The molecule has 0 aliphatic heterocycles. The van der Waals surface area contributed by atoms with Gasteiger partial charge < -0.3 is 14.8 Å². The van der Waals surface area contributed by atoms with Crippen LogP contribution in [-0.2, 0) is 29.1 Å². The van der Waals surface area contributed by atoms with Gasteiger partial charge >= 0.3 is 5.97 Å². The highest BCUT2D eigenvalue weighted by molar-refractivity contribution is 7.89. The van der Waals surface area contributed by atoms with Gasteiger partial charge in [-0.3, -0.25) is 4.79 Å². The smallest absolute Gasteiger partial charge is 0.332 e. The minimum Gasteiger partial charge on any atom is -0.454 e. The fourth-order valence-corrected chi connectivity index (χ4v) is 2.62. The van der Waals surface area contributed by atoms with Crippen molar-refractivity contribution in [3.8, 4) is 0 Å². The summed E-state index contributed by atoms with van der Waals surface area (Å²) in [5, 5.41) is 2.56. The molecule has 0 bridgehead atoms. The van der Waals surface area contributed by atoms with E-state index in [2.05, 4.69) is 5.32 Å². The van der Waals surface area contributed by atoms with Crippen molar-refractivity contribution >= 4 is 39.2 Å². The van der Waals surface area contributed by atoms with Crippen molar-refractivity contribution in [1.82, 2.24) is 4.31 Å². The molecule has 0 radical (unpaired) electrons. The van der Waals surface area contributed by atoms with E-state index in [4.69, 9.17) is 21.1 Å². The first-order valence-electron chi connectivity index (χ1n) is 6.93. The molecule has 0 heterocycles. The molecule has 1 rings (SSSR count). The molecular formula is C14H19ClN2O6S. The van der Waals surface area contributed by atoms with E-state index in [-0.39, 0.29) is 22.2 Å². The number of rotatable bonds is 8. The molecule has 0 fully saturated rings. The van der Waals surface area contributed by atoms with E-state index in [1.807, 2.05) is 0 Å². The van der Waals surface area contributed by atoms with Gasteiger partial charge in [-0.05, 0) is 25.1 Å². The van der Waals surface area contributed by atoms with E-state index in [0.717, 1.165) is 4.31 Å². The molecule has 0 aliphatic carbocycles. The molecule has 8 nitrogen and oxygen atoms in total. The number of amides is 1. The van der Waals surface area contributed by atoms with Crippen LogP contribution < -0.4 is 5.32 Å². The number of esters is 1. The lowest BCUT2D eigenvalue weighted by atomic mass is 10.3. The second kappa shape index (κ2) is 8.97. The fourth-order valence-electron chi connectivity index (χ4n) is 1.53. The Hall–Kier alpha value is -1.68. The van der Waals surface area contributed by atoms with E-state index >= 15 is 0 Å². The molecule has 0 saturated heterocycles. The quantitative estimate of drug-likeness (QED) is 0.680. The van der Waals surface area contributed by atoms with Crippen LogP contribution in [0.25, 0.3) is 0 Å². The maximum atomic E-state index is 12.1. The number of carbonyl (C=O) groups is 2. The van der Waals surface area contributed by atoms with E-state index in [9.17, 15) is 18.0 Å². The zero-order chi connectivity index (χ0) is 18.3. The maximum absolute atomic E-state index is 12.1. The zero-order valence-corrected chi connectivity index (χ0v) is 15.1. The minimum atomic E-state index is -3.67. The molecule has 1 N–H and O–H groups in total. The van der Waals surface area contributed by atoms with Gasteiger partial charge in [-0.15, -0.1) is 0 Å². The van der Waals surface area contributed by atoms with Gasteiger partial charge in [0.05, 0.1) is 15.6 Å². The Bertz CT molecular complexity index is 705. The lowest BCUT2D eigenvalue weighted by Crippen LogP contribution is -2.24. The number of benzene rings is 1. The molecule has 24 heavy (non-hydrogen) atoms. The highest BCUT2D eigenvalue weighted by Gasteiger charge is 2.19. The van der Waals surface area contributed by atoms with Crippen LogP contribution in [0.2, 0.25) is 5.02 Å². The normalized spacial score (nSPS) is 11.4. The number of sulfonamides is 1. The van der Waals surface area contributed by atoms with Crippen LogP contribution in [-0.4, -0.2) is 58.5 Å². The average Bonchev–Trinajstić information content (AvgIpc) is 2.52. The molecule has 0 spiro atoms. The fraction of sp³-hybridized carbons (Fsp3) is 0.429. The van der Waals surface area contributed by atoms with Gasteiger partial charge in [0.15, 0.2) is 6.61 Å². The van der Waals surface area contributed by atoms with E-state index in [1.54, 1.807) is 6.92 Å². The number of anilines is 1. The first-order valence-corrected chi connectivity index (χ1v) is 8.75. The molecule has 1 aromatic rings. The Balaban J connectivity index is 2.77. The van der Waals surface area contributed by atoms with Crippen LogP contribution in [0, 0.1) is 0 Å². The average molecular weight is 379 g/mol. The summed E-state index contributed by atoms with van der Waals surface area (Å²) in [4.78, 5) is 23.0. The molecule has 0 aliphatic rings. The SMILES string of the molecule is CCOCC(=O)OCC(=O)Nc1cc(S(=O)(=O)N(C)C)ccc1Cl. The Morgan fingerprint density at radius 3 is 2.50 bits per heavy atom. The highest BCUT2D eigenvalue weighted by Crippen LogP contribution is 2.26. The molecule has 0 atom stereocenters. The minimum absolute atomic E-state index is 0.0273. The highest BCUT2D eigenvalue weighted by atomic mass is 35.5. The van der Waals surface area contributed by atoms with Crippen molar-refractivity contribution in [1.29, 1.82) is 0 Å². The van der Waals surface area contributed by atoms with Crippen molar-refractivity contribution in [2.45, 2.75) is 11.8 Å². The maximum Gasteiger partial charge on any atom is 0.332 e. The Labute approximate surface area is 145 Å². The van der Waals surface area contributed by atoms with Gasteiger partial charge in [0, 0.05) is 20.7 Å². The monoisotopic (exact) mass is 378 g/mol. The van der Waals surface area contributed by atoms with E-state index in [1.165, 1.54) is 32.3 Å². The van der Waals surface area contributed by atoms with Crippen molar-refractivity contribution in [3.63, 3.8) is 0 Å². The van der Waals surface area contributed by atoms with Crippen LogP contribution >= 0.6 is 11.6 Å². The summed E-state index contributed by atoms with van der Waals surface area (Å²) in [6.45, 7) is 1.29. The molecule has 0 saturated carbocycles. The number of hydrogen-bond acceptors (Lipinski definition) is 6. The van der Waals surface area contributed by atoms with Gasteiger partial charge in [0.1, 0.15) is 6.61 Å². The molecule has 0 aromatic heterocycles. The van der Waals surface area contributed by atoms with Crippen molar-refractivity contribution in [3.05, 3.63) is 23.2 Å². The molecule has 1 amide bonds. The first-order chi connectivity index (χ1) is 11.2. The number of carbonyl (C=O) groups excluding carboxylic acids is 2. The predicted molar refractivity (Wildman–Crippen MR) is 88.4 cm³/mol. The summed E-state index contributed by atoms with van der Waals surface area (Å²) in [6, 6.07) is 3.92. The summed E-state index contributed by atoms with van der Waals surface area (Å²) in [5.41, 5.74) is 0.102. The Morgan fingerprint density at radius 2 is 1.92 bits per heavy atom. The van der Waals surface area contributed by atoms with Crippen molar-refractivity contribution in [2.24, 2.45) is 0 Å². The molecular weight excluding hydrogens is 360 g/mol. The lowest BCUT2D eigenvalue weighted by Gasteiger charge is -2.14. The van der Waals surface area contributed by atoms with Gasteiger partial charge in [-0.1, -0.05) is 11.6 Å². The summed E-state index contributed by atoms with van der Waals surface area (Å²) < 4.78 is 34.8. The van der Waals surface area contributed by atoms with Crippen LogP contribution in [0.1, 0.15) is 6.92 Å². The first kappa shape index (κ1) is 20.4. The van der Waals surface area contributed by atoms with Gasteiger partial charge in [-0.2, -0.15) is 0 Å².